The number of amides is 1. The molecule has 0 radical (unpaired) electrons. The molecule has 0 spiro atoms. The fourth-order valence-electron chi connectivity index (χ4n) is 3.84. The summed E-state index contributed by atoms with van der Waals surface area (Å²) in [7, 11) is 0. The Kier molecular flexibility index (Phi) is 8.75. The predicted molar refractivity (Wildman–Crippen MR) is 129 cm³/mol. The van der Waals surface area contributed by atoms with Gasteiger partial charge in [0.2, 0.25) is 0 Å². The molecule has 6 heteroatoms. The van der Waals surface area contributed by atoms with E-state index >= 15 is 0 Å². The third-order valence-electron chi connectivity index (χ3n) is 5.68. The molecule has 0 aliphatic heterocycles. The number of hydrogen-bond acceptors (Lipinski definition) is 4. The van der Waals surface area contributed by atoms with E-state index in [2.05, 4.69) is 28.2 Å². The molecule has 168 valence electrons. The number of nitriles is 1. The fraction of sp³-hybridized carbons (Fsp3) is 0.385. The molecule has 5 nitrogen and oxygen atoms in total. The standard InChI is InChI=1S/C26H29BrN2O3/c1-3-31-25-15-20(10-13-24(25)32-17-19-8-11-22(27)12-9-19)14-21(16-28)26(30)29-23-7-5-4-6-18(23)2/h8-15,18,23H,3-7,17H2,1-2H3,(H,29,30)/b21-14+/t18-,23-/m1/s1. The van der Waals surface area contributed by atoms with Crippen LogP contribution in [0.15, 0.2) is 52.5 Å². The summed E-state index contributed by atoms with van der Waals surface area (Å²) in [6.45, 7) is 4.95. The first-order valence-corrected chi connectivity index (χ1v) is 11.9. The molecule has 1 N–H and O–H groups in total. The highest BCUT2D eigenvalue weighted by atomic mass is 79.9. The van der Waals surface area contributed by atoms with Gasteiger partial charge in [0, 0.05) is 10.5 Å². The summed E-state index contributed by atoms with van der Waals surface area (Å²) in [6.07, 6.45) is 5.98. The lowest BCUT2D eigenvalue weighted by molar-refractivity contribution is -0.118. The van der Waals surface area contributed by atoms with Gasteiger partial charge in [-0.2, -0.15) is 5.26 Å². The Bertz CT molecular complexity index is 995. The van der Waals surface area contributed by atoms with Crippen LogP contribution < -0.4 is 14.8 Å². The predicted octanol–water partition coefficient (Wildman–Crippen LogP) is 6.03. The SMILES string of the molecule is CCOc1cc(/C=C(\C#N)C(=O)N[C@@H]2CCCC[C@H]2C)ccc1OCc1ccc(Br)cc1. The number of carbonyl (C=O) groups excluding carboxylic acids is 1. The third kappa shape index (κ3) is 6.61. The number of ether oxygens (including phenoxy) is 2. The van der Waals surface area contributed by atoms with Crippen molar-refractivity contribution < 1.29 is 14.3 Å². The molecule has 1 amide bonds. The summed E-state index contributed by atoms with van der Waals surface area (Å²) in [5.41, 5.74) is 1.85. The molecule has 3 rings (SSSR count). The van der Waals surface area contributed by atoms with E-state index in [1.165, 1.54) is 6.42 Å². The Morgan fingerprint density at radius 1 is 1.16 bits per heavy atom. The first-order chi connectivity index (χ1) is 15.5. The van der Waals surface area contributed by atoms with E-state index in [1.807, 2.05) is 49.4 Å². The zero-order valence-corrected chi connectivity index (χ0v) is 20.2. The monoisotopic (exact) mass is 496 g/mol. The molecule has 1 aliphatic rings. The maximum atomic E-state index is 12.7. The minimum Gasteiger partial charge on any atom is -0.490 e. The van der Waals surface area contributed by atoms with Crippen molar-refractivity contribution in [2.24, 2.45) is 5.92 Å². The maximum absolute atomic E-state index is 12.7. The molecule has 1 fully saturated rings. The van der Waals surface area contributed by atoms with E-state index in [-0.39, 0.29) is 17.5 Å². The molecule has 0 saturated heterocycles. The van der Waals surface area contributed by atoms with E-state index in [4.69, 9.17) is 9.47 Å². The Hall–Kier alpha value is -2.78. The van der Waals surface area contributed by atoms with Crippen LogP contribution in [0.25, 0.3) is 6.08 Å². The Morgan fingerprint density at radius 3 is 2.59 bits per heavy atom. The van der Waals surface area contributed by atoms with Crippen LogP contribution in [0.2, 0.25) is 0 Å². The van der Waals surface area contributed by atoms with Crippen LogP contribution in [-0.4, -0.2) is 18.6 Å². The van der Waals surface area contributed by atoms with Gasteiger partial charge in [0.15, 0.2) is 11.5 Å². The Balaban J connectivity index is 1.73. The summed E-state index contributed by atoms with van der Waals surface area (Å²) in [6, 6.07) is 15.5. The van der Waals surface area contributed by atoms with Gasteiger partial charge in [0.1, 0.15) is 18.2 Å². The van der Waals surface area contributed by atoms with Crippen molar-refractivity contribution in [3.05, 3.63) is 63.6 Å². The van der Waals surface area contributed by atoms with Crippen molar-refractivity contribution in [1.82, 2.24) is 5.32 Å². The molecule has 32 heavy (non-hydrogen) atoms. The summed E-state index contributed by atoms with van der Waals surface area (Å²) in [5.74, 6) is 1.31. The lowest BCUT2D eigenvalue weighted by atomic mass is 9.86. The van der Waals surface area contributed by atoms with Gasteiger partial charge in [0.25, 0.3) is 5.91 Å². The van der Waals surface area contributed by atoms with Crippen LogP contribution in [0.5, 0.6) is 11.5 Å². The topological polar surface area (TPSA) is 71.3 Å². The summed E-state index contributed by atoms with van der Waals surface area (Å²) >= 11 is 3.43. The quantitative estimate of drug-likeness (QED) is 0.357. The van der Waals surface area contributed by atoms with Gasteiger partial charge in [-0.15, -0.1) is 0 Å². The highest BCUT2D eigenvalue weighted by Crippen LogP contribution is 2.30. The fourth-order valence-corrected chi connectivity index (χ4v) is 4.10. The second-order valence-electron chi connectivity index (χ2n) is 8.07. The van der Waals surface area contributed by atoms with E-state index in [0.717, 1.165) is 29.3 Å². The van der Waals surface area contributed by atoms with Crippen LogP contribution in [0.1, 0.15) is 50.7 Å². The number of carbonyl (C=O) groups is 1. The second-order valence-corrected chi connectivity index (χ2v) is 8.98. The first kappa shape index (κ1) is 23.9. The van der Waals surface area contributed by atoms with Gasteiger partial charge >= 0.3 is 0 Å². The molecule has 1 aliphatic carbocycles. The number of halogens is 1. The number of hydrogen-bond donors (Lipinski definition) is 1. The molecule has 1 saturated carbocycles. The third-order valence-corrected chi connectivity index (χ3v) is 6.21. The maximum Gasteiger partial charge on any atom is 0.262 e. The van der Waals surface area contributed by atoms with Crippen molar-refractivity contribution in [1.29, 1.82) is 5.26 Å². The van der Waals surface area contributed by atoms with Crippen LogP contribution >= 0.6 is 15.9 Å². The van der Waals surface area contributed by atoms with Gasteiger partial charge in [-0.3, -0.25) is 4.79 Å². The smallest absolute Gasteiger partial charge is 0.262 e. The van der Waals surface area contributed by atoms with Gasteiger partial charge in [-0.05, 0) is 67.2 Å². The van der Waals surface area contributed by atoms with Crippen LogP contribution in [-0.2, 0) is 11.4 Å². The molecule has 2 aromatic rings. The van der Waals surface area contributed by atoms with E-state index in [9.17, 15) is 10.1 Å². The van der Waals surface area contributed by atoms with Crippen molar-refractivity contribution in [2.45, 2.75) is 52.2 Å². The van der Waals surface area contributed by atoms with Crippen molar-refractivity contribution in [3.8, 4) is 17.6 Å². The number of rotatable bonds is 8. The number of benzene rings is 2. The highest BCUT2D eigenvalue weighted by Gasteiger charge is 2.24. The second kappa shape index (κ2) is 11.7. The zero-order valence-electron chi connectivity index (χ0n) is 18.6. The number of nitrogens with one attached hydrogen (secondary N) is 1. The lowest BCUT2D eigenvalue weighted by Crippen LogP contribution is -2.41. The van der Waals surface area contributed by atoms with Gasteiger partial charge in [-0.25, -0.2) is 0 Å². The van der Waals surface area contributed by atoms with Gasteiger partial charge in [0.05, 0.1) is 6.61 Å². The Morgan fingerprint density at radius 2 is 1.91 bits per heavy atom. The summed E-state index contributed by atoms with van der Waals surface area (Å²) in [5, 5.41) is 12.6. The number of nitrogens with zero attached hydrogens (tertiary/aromatic N) is 1. The van der Waals surface area contributed by atoms with Crippen molar-refractivity contribution in [3.63, 3.8) is 0 Å². The zero-order chi connectivity index (χ0) is 22.9. The van der Waals surface area contributed by atoms with Crippen LogP contribution in [0, 0.1) is 17.2 Å². The van der Waals surface area contributed by atoms with Crippen LogP contribution in [0.4, 0.5) is 0 Å². The minimum atomic E-state index is -0.320. The molecule has 2 aromatic carbocycles. The van der Waals surface area contributed by atoms with Crippen molar-refractivity contribution in [2.75, 3.05) is 6.61 Å². The molecular formula is C26H29BrN2O3. The molecule has 2 atom stereocenters. The molecule has 0 heterocycles. The van der Waals surface area contributed by atoms with E-state index in [0.29, 0.717) is 36.2 Å². The molecule has 0 bridgehead atoms. The Labute approximate surface area is 198 Å². The van der Waals surface area contributed by atoms with E-state index in [1.54, 1.807) is 12.1 Å². The molecular weight excluding hydrogens is 468 g/mol. The minimum absolute atomic E-state index is 0.0914. The summed E-state index contributed by atoms with van der Waals surface area (Å²) < 4.78 is 12.7. The molecule has 0 aromatic heterocycles. The average molecular weight is 497 g/mol. The van der Waals surface area contributed by atoms with Gasteiger partial charge in [-0.1, -0.05) is 53.9 Å². The van der Waals surface area contributed by atoms with Crippen molar-refractivity contribution >= 4 is 27.9 Å². The lowest BCUT2D eigenvalue weighted by Gasteiger charge is -2.29. The normalized spacial score (nSPS) is 18.5. The molecule has 0 unspecified atom stereocenters. The van der Waals surface area contributed by atoms with Crippen LogP contribution in [0.3, 0.4) is 0 Å². The highest BCUT2D eigenvalue weighted by molar-refractivity contribution is 9.10. The largest absolute Gasteiger partial charge is 0.490 e. The average Bonchev–Trinajstić information content (AvgIpc) is 2.79. The van der Waals surface area contributed by atoms with Gasteiger partial charge < -0.3 is 14.8 Å². The first-order valence-electron chi connectivity index (χ1n) is 11.1. The summed E-state index contributed by atoms with van der Waals surface area (Å²) in [4.78, 5) is 12.7. The van der Waals surface area contributed by atoms with E-state index < -0.39 is 0 Å².